The first-order valence-electron chi connectivity index (χ1n) is 4.80. The van der Waals surface area contributed by atoms with Crippen molar-refractivity contribution in [3.8, 4) is 0 Å². The van der Waals surface area contributed by atoms with Crippen LogP contribution in [0.3, 0.4) is 0 Å². The van der Waals surface area contributed by atoms with Crippen LogP contribution in [-0.2, 0) is 6.54 Å². The number of aryl methyl sites for hydroxylation is 1. The van der Waals surface area contributed by atoms with Gasteiger partial charge < -0.3 is 4.57 Å². The normalized spacial score (nSPS) is 10.4. The second-order valence-electron chi connectivity index (χ2n) is 3.52. The molecule has 0 aromatic carbocycles. The van der Waals surface area contributed by atoms with Gasteiger partial charge in [-0.3, -0.25) is 4.79 Å². The zero-order chi connectivity index (χ0) is 11.5. The Balaban J connectivity index is 2.27. The summed E-state index contributed by atoms with van der Waals surface area (Å²) in [6.07, 6.45) is 1.74. The van der Waals surface area contributed by atoms with Crippen molar-refractivity contribution in [2.24, 2.45) is 0 Å². The zero-order valence-electron chi connectivity index (χ0n) is 8.72. The van der Waals surface area contributed by atoms with Crippen molar-refractivity contribution in [1.29, 1.82) is 0 Å². The largest absolute Gasteiger partial charge is 0.309 e. The number of rotatable bonds is 2. The van der Waals surface area contributed by atoms with Crippen LogP contribution < -0.4 is 5.56 Å². The molecule has 5 heteroatoms. The number of halogens is 1. The molecule has 2 heterocycles. The predicted molar refractivity (Wildman–Crippen MR) is 61.6 cm³/mol. The van der Waals surface area contributed by atoms with Gasteiger partial charge in [0.2, 0.25) is 0 Å². The third-order valence-electron chi connectivity index (χ3n) is 2.17. The first-order chi connectivity index (χ1) is 7.65. The van der Waals surface area contributed by atoms with Gasteiger partial charge in [0.1, 0.15) is 0 Å². The molecule has 2 aromatic rings. The molecule has 0 radical (unpaired) electrons. The number of hydrogen-bond acceptors (Lipinski definition) is 3. The minimum absolute atomic E-state index is 0.0447. The van der Waals surface area contributed by atoms with Gasteiger partial charge in [0.25, 0.3) is 5.56 Å². The molecule has 0 saturated carbocycles. The molecule has 2 aromatic heterocycles. The van der Waals surface area contributed by atoms with E-state index in [0.29, 0.717) is 17.4 Å². The summed E-state index contributed by atoms with van der Waals surface area (Å²) in [5.41, 5.74) is 1.61. The summed E-state index contributed by atoms with van der Waals surface area (Å²) in [4.78, 5) is 11.6. The Morgan fingerprint density at radius 1 is 1.31 bits per heavy atom. The van der Waals surface area contributed by atoms with E-state index in [0.717, 1.165) is 5.56 Å². The summed E-state index contributed by atoms with van der Waals surface area (Å²) in [5, 5.41) is 7.97. The second-order valence-corrected chi connectivity index (χ2v) is 3.90. The summed E-state index contributed by atoms with van der Waals surface area (Å²) in [7, 11) is 0. The third-order valence-corrected chi connectivity index (χ3v) is 2.37. The van der Waals surface area contributed by atoms with Crippen LogP contribution in [0.4, 0.5) is 0 Å². The van der Waals surface area contributed by atoms with Crippen molar-refractivity contribution < 1.29 is 0 Å². The van der Waals surface area contributed by atoms with Crippen molar-refractivity contribution in [1.82, 2.24) is 14.8 Å². The molecule has 0 aliphatic rings. The van der Waals surface area contributed by atoms with Crippen LogP contribution in [-0.4, -0.2) is 14.8 Å². The van der Waals surface area contributed by atoms with E-state index in [2.05, 4.69) is 10.2 Å². The maximum Gasteiger partial charge on any atom is 0.251 e. The van der Waals surface area contributed by atoms with Gasteiger partial charge in [0.05, 0.1) is 12.2 Å². The summed E-state index contributed by atoms with van der Waals surface area (Å²) < 4.78 is 1.57. The minimum atomic E-state index is -0.0447. The van der Waals surface area contributed by atoms with Gasteiger partial charge >= 0.3 is 0 Å². The second kappa shape index (κ2) is 4.45. The van der Waals surface area contributed by atoms with E-state index >= 15 is 0 Å². The van der Waals surface area contributed by atoms with E-state index in [9.17, 15) is 4.79 Å². The molecule has 0 bridgehead atoms. The van der Waals surface area contributed by atoms with Crippen molar-refractivity contribution in [2.45, 2.75) is 13.5 Å². The zero-order valence-corrected chi connectivity index (χ0v) is 9.48. The van der Waals surface area contributed by atoms with Gasteiger partial charge in [-0.05, 0) is 30.7 Å². The molecule has 0 saturated heterocycles. The summed E-state index contributed by atoms with van der Waals surface area (Å²) >= 11 is 5.62. The van der Waals surface area contributed by atoms with Crippen LogP contribution >= 0.6 is 11.6 Å². The molecule has 16 heavy (non-hydrogen) atoms. The molecule has 4 nitrogen and oxygen atoms in total. The Morgan fingerprint density at radius 3 is 2.75 bits per heavy atom. The van der Waals surface area contributed by atoms with E-state index in [4.69, 9.17) is 11.6 Å². The van der Waals surface area contributed by atoms with Crippen LogP contribution in [0.15, 0.2) is 35.3 Å². The lowest BCUT2D eigenvalue weighted by molar-refractivity contribution is 0.722. The number of nitrogens with zero attached hydrogens (tertiary/aromatic N) is 3. The first-order valence-corrected chi connectivity index (χ1v) is 5.18. The Kier molecular flexibility index (Phi) is 3.01. The molecule has 0 N–H and O–H groups in total. The molecule has 0 unspecified atom stereocenters. The van der Waals surface area contributed by atoms with Gasteiger partial charge in [-0.25, -0.2) is 0 Å². The fourth-order valence-electron chi connectivity index (χ4n) is 1.34. The Labute approximate surface area is 97.5 Å². The fraction of sp³-hybridized carbons (Fsp3) is 0.182. The van der Waals surface area contributed by atoms with Crippen molar-refractivity contribution in [2.75, 3.05) is 0 Å². The van der Waals surface area contributed by atoms with E-state index in [1.54, 1.807) is 29.0 Å². The van der Waals surface area contributed by atoms with E-state index < -0.39 is 0 Å². The molecular formula is C11H10ClN3O. The van der Waals surface area contributed by atoms with E-state index in [1.165, 1.54) is 0 Å². The molecule has 0 amide bonds. The van der Waals surface area contributed by atoms with Crippen molar-refractivity contribution >= 4 is 11.6 Å². The van der Waals surface area contributed by atoms with Crippen LogP contribution in [0, 0.1) is 6.92 Å². The summed E-state index contributed by atoms with van der Waals surface area (Å²) in [5.74, 6) is 0. The highest BCUT2D eigenvalue weighted by Gasteiger charge is 2.00. The molecule has 2 rings (SSSR count). The monoisotopic (exact) mass is 235 g/mol. The minimum Gasteiger partial charge on any atom is -0.309 e. The molecule has 82 valence electrons. The van der Waals surface area contributed by atoms with Gasteiger partial charge in [0.15, 0.2) is 5.15 Å². The van der Waals surface area contributed by atoms with E-state index in [-0.39, 0.29) is 5.56 Å². The summed E-state index contributed by atoms with van der Waals surface area (Å²) in [6, 6.07) is 6.87. The lowest BCUT2D eigenvalue weighted by Gasteiger charge is -2.04. The van der Waals surface area contributed by atoms with Crippen LogP contribution in [0.2, 0.25) is 5.15 Å². The van der Waals surface area contributed by atoms with Crippen molar-refractivity contribution in [3.05, 3.63) is 57.2 Å². The quantitative estimate of drug-likeness (QED) is 0.795. The van der Waals surface area contributed by atoms with Gasteiger partial charge in [0, 0.05) is 12.3 Å². The number of aromatic nitrogens is 3. The molecule has 0 fully saturated rings. The van der Waals surface area contributed by atoms with Gasteiger partial charge in [-0.1, -0.05) is 11.6 Å². The van der Waals surface area contributed by atoms with Gasteiger partial charge in [-0.15, -0.1) is 5.10 Å². The third kappa shape index (κ3) is 2.46. The lowest BCUT2D eigenvalue weighted by atomic mass is 10.3. The van der Waals surface area contributed by atoms with Crippen LogP contribution in [0.1, 0.15) is 11.3 Å². The average Bonchev–Trinajstić information content (AvgIpc) is 2.25. The standard InChI is InChI=1S/C11H10ClN3O/c1-8-4-5-15(11(16)6-8)7-9-2-3-10(12)14-13-9/h2-6H,7H2,1H3. The maximum atomic E-state index is 11.6. The van der Waals surface area contributed by atoms with E-state index in [1.807, 2.05) is 13.0 Å². The van der Waals surface area contributed by atoms with Crippen LogP contribution in [0.25, 0.3) is 0 Å². The van der Waals surface area contributed by atoms with Crippen molar-refractivity contribution in [3.63, 3.8) is 0 Å². The first kappa shape index (κ1) is 10.8. The molecule has 0 spiro atoms. The maximum absolute atomic E-state index is 11.6. The topological polar surface area (TPSA) is 47.8 Å². The number of hydrogen-bond donors (Lipinski definition) is 0. The summed E-state index contributed by atoms with van der Waals surface area (Å²) in [6.45, 7) is 2.29. The molecule has 0 atom stereocenters. The SMILES string of the molecule is Cc1ccn(Cc2ccc(Cl)nn2)c(=O)c1. The fourth-order valence-corrected chi connectivity index (χ4v) is 1.44. The molecule has 0 aliphatic carbocycles. The molecular weight excluding hydrogens is 226 g/mol. The van der Waals surface area contributed by atoms with Gasteiger partial charge in [-0.2, -0.15) is 5.10 Å². The Bertz CT molecular complexity index is 548. The Hall–Kier alpha value is -1.68. The Morgan fingerprint density at radius 2 is 2.12 bits per heavy atom. The highest BCUT2D eigenvalue weighted by Crippen LogP contribution is 2.03. The average molecular weight is 236 g/mol. The number of pyridine rings is 1. The smallest absolute Gasteiger partial charge is 0.251 e. The molecule has 0 aliphatic heterocycles. The lowest BCUT2D eigenvalue weighted by Crippen LogP contribution is -2.19. The van der Waals surface area contributed by atoms with Crippen LogP contribution in [0.5, 0.6) is 0 Å². The highest BCUT2D eigenvalue weighted by molar-refractivity contribution is 6.29. The highest BCUT2D eigenvalue weighted by atomic mass is 35.5. The predicted octanol–water partition coefficient (Wildman–Crippen LogP) is 1.65.